The molecule has 0 saturated carbocycles. The van der Waals surface area contributed by atoms with Crippen molar-refractivity contribution in [2.24, 2.45) is 5.73 Å². The maximum Gasteiger partial charge on any atom is 0.267 e. The molecule has 0 bridgehead atoms. The smallest absolute Gasteiger partial charge is 0.267 e. The van der Waals surface area contributed by atoms with Crippen LogP contribution in [0.2, 0.25) is 0 Å². The van der Waals surface area contributed by atoms with Gasteiger partial charge in [-0.05, 0) is 25.0 Å². The minimum absolute atomic E-state index is 0.342. The summed E-state index contributed by atoms with van der Waals surface area (Å²) in [5, 5.41) is 0. The molecule has 14 heavy (non-hydrogen) atoms. The summed E-state index contributed by atoms with van der Waals surface area (Å²) >= 11 is 0. The number of carbonyl (C=O) groups is 1. The highest BCUT2D eigenvalue weighted by Gasteiger charge is 2.14. The summed E-state index contributed by atoms with van der Waals surface area (Å²) in [5.74, 6) is 0.393. The van der Waals surface area contributed by atoms with Crippen molar-refractivity contribution in [1.82, 2.24) is 4.98 Å². The molecular weight excluding hydrogens is 178 g/mol. The van der Waals surface area contributed by atoms with Gasteiger partial charge in [-0.2, -0.15) is 0 Å². The Labute approximate surface area is 82.7 Å². The van der Waals surface area contributed by atoms with Crippen LogP contribution in [0.25, 0.3) is 0 Å². The Kier molecular flexibility index (Phi) is 2.35. The summed E-state index contributed by atoms with van der Waals surface area (Å²) in [6, 6.07) is 5.38. The van der Waals surface area contributed by atoms with Crippen LogP contribution in [0.4, 0.5) is 5.82 Å². The number of primary amides is 1. The maximum absolute atomic E-state index is 10.9. The number of anilines is 1. The Hall–Kier alpha value is -1.58. The van der Waals surface area contributed by atoms with E-state index in [0.717, 1.165) is 18.9 Å². The summed E-state index contributed by atoms with van der Waals surface area (Å²) in [4.78, 5) is 17.3. The highest BCUT2D eigenvalue weighted by atomic mass is 16.1. The molecule has 1 aliphatic heterocycles. The van der Waals surface area contributed by atoms with E-state index in [1.165, 1.54) is 12.8 Å². The molecule has 1 aliphatic rings. The van der Waals surface area contributed by atoms with E-state index in [1.807, 2.05) is 12.1 Å². The van der Waals surface area contributed by atoms with Gasteiger partial charge in [0.25, 0.3) is 5.91 Å². The molecule has 0 atom stereocenters. The van der Waals surface area contributed by atoms with Gasteiger partial charge < -0.3 is 10.6 Å². The van der Waals surface area contributed by atoms with E-state index in [-0.39, 0.29) is 0 Å². The van der Waals surface area contributed by atoms with Gasteiger partial charge in [0.2, 0.25) is 0 Å². The number of aromatic nitrogens is 1. The molecule has 4 nitrogen and oxygen atoms in total. The first-order valence-electron chi connectivity index (χ1n) is 4.79. The van der Waals surface area contributed by atoms with Crippen LogP contribution in [0.5, 0.6) is 0 Å². The molecule has 2 rings (SSSR count). The van der Waals surface area contributed by atoms with E-state index in [0.29, 0.717) is 5.69 Å². The lowest BCUT2D eigenvalue weighted by Crippen LogP contribution is -2.21. The highest BCUT2D eigenvalue weighted by molar-refractivity contribution is 5.91. The van der Waals surface area contributed by atoms with E-state index in [2.05, 4.69) is 9.88 Å². The predicted molar refractivity (Wildman–Crippen MR) is 54.2 cm³/mol. The predicted octanol–water partition coefficient (Wildman–Crippen LogP) is 0.781. The van der Waals surface area contributed by atoms with Crippen molar-refractivity contribution in [2.75, 3.05) is 18.0 Å². The first kappa shape index (κ1) is 8.99. The molecule has 0 radical (unpaired) electrons. The van der Waals surface area contributed by atoms with Gasteiger partial charge in [-0.15, -0.1) is 0 Å². The zero-order valence-corrected chi connectivity index (χ0v) is 7.94. The van der Waals surface area contributed by atoms with Crippen molar-refractivity contribution >= 4 is 11.7 Å². The Balaban J connectivity index is 2.25. The van der Waals surface area contributed by atoms with Gasteiger partial charge in [0.1, 0.15) is 11.5 Å². The molecule has 4 heteroatoms. The van der Waals surface area contributed by atoms with E-state index in [1.54, 1.807) is 6.07 Å². The van der Waals surface area contributed by atoms with Crippen LogP contribution in [-0.4, -0.2) is 24.0 Å². The minimum Gasteiger partial charge on any atom is -0.364 e. The van der Waals surface area contributed by atoms with Gasteiger partial charge >= 0.3 is 0 Å². The Morgan fingerprint density at radius 3 is 2.71 bits per heavy atom. The summed E-state index contributed by atoms with van der Waals surface area (Å²) in [7, 11) is 0. The van der Waals surface area contributed by atoms with Crippen LogP contribution in [0, 0.1) is 0 Å². The van der Waals surface area contributed by atoms with Crippen LogP contribution >= 0.6 is 0 Å². The third-order valence-corrected chi connectivity index (χ3v) is 2.42. The fourth-order valence-corrected chi connectivity index (χ4v) is 1.68. The molecular formula is C10H13N3O. The molecule has 0 aromatic carbocycles. The molecule has 1 fully saturated rings. The molecule has 1 aromatic heterocycles. The first-order chi connectivity index (χ1) is 6.77. The molecule has 2 N–H and O–H groups in total. The number of pyridine rings is 1. The summed E-state index contributed by atoms with van der Waals surface area (Å²) in [6.07, 6.45) is 2.39. The standard InChI is InChI=1S/C10H13N3O/c11-10(14)8-4-3-5-9(12-8)13-6-1-2-7-13/h3-5H,1-2,6-7H2,(H2,11,14). The van der Waals surface area contributed by atoms with Crippen molar-refractivity contribution in [3.63, 3.8) is 0 Å². The Morgan fingerprint density at radius 1 is 1.36 bits per heavy atom. The number of hydrogen-bond donors (Lipinski definition) is 1. The number of amides is 1. The van der Waals surface area contributed by atoms with Gasteiger partial charge in [-0.25, -0.2) is 4.98 Å². The van der Waals surface area contributed by atoms with E-state index in [4.69, 9.17) is 5.73 Å². The largest absolute Gasteiger partial charge is 0.364 e. The molecule has 0 unspecified atom stereocenters. The lowest BCUT2D eigenvalue weighted by molar-refractivity contribution is 0.0995. The monoisotopic (exact) mass is 191 g/mol. The Bertz CT molecular complexity index is 345. The normalized spacial score (nSPS) is 15.9. The zero-order chi connectivity index (χ0) is 9.97. The maximum atomic E-state index is 10.9. The lowest BCUT2D eigenvalue weighted by atomic mass is 10.3. The van der Waals surface area contributed by atoms with Crippen molar-refractivity contribution in [3.05, 3.63) is 23.9 Å². The van der Waals surface area contributed by atoms with Crippen molar-refractivity contribution in [3.8, 4) is 0 Å². The number of hydrogen-bond acceptors (Lipinski definition) is 3. The van der Waals surface area contributed by atoms with Crippen molar-refractivity contribution in [1.29, 1.82) is 0 Å². The number of carbonyl (C=O) groups excluding carboxylic acids is 1. The van der Waals surface area contributed by atoms with Crippen LogP contribution in [0.15, 0.2) is 18.2 Å². The second-order valence-corrected chi connectivity index (χ2v) is 3.44. The molecule has 0 aliphatic carbocycles. The molecule has 1 amide bonds. The SMILES string of the molecule is NC(=O)c1cccc(N2CCCC2)n1. The molecule has 0 spiro atoms. The van der Waals surface area contributed by atoms with Crippen LogP contribution in [0.1, 0.15) is 23.3 Å². The van der Waals surface area contributed by atoms with E-state index < -0.39 is 5.91 Å². The number of nitrogens with two attached hydrogens (primary N) is 1. The Morgan fingerprint density at radius 2 is 2.07 bits per heavy atom. The quantitative estimate of drug-likeness (QED) is 0.751. The average molecular weight is 191 g/mol. The summed E-state index contributed by atoms with van der Waals surface area (Å²) in [5.41, 5.74) is 5.50. The number of rotatable bonds is 2. The van der Waals surface area contributed by atoms with Crippen LogP contribution < -0.4 is 10.6 Å². The number of nitrogens with zero attached hydrogens (tertiary/aromatic N) is 2. The minimum atomic E-state index is -0.467. The fraction of sp³-hybridized carbons (Fsp3) is 0.400. The third kappa shape index (κ3) is 1.69. The molecule has 1 saturated heterocycles. The van der Waals surface area contributed by atoms with Gasteiger partial charge in [-0.1, -0.05) is 6.07 Å². The van der Waals surface area contributed by atoms with Crippen LogP contribution in [0.3, 0.4) is 0 Å². The van der Waals surface area contributed by atoms with Gasteiger partial charge in [-0.3, -0.25) is 4.79 Å². The van der Waals surface area contributed by atoms with Gasteiger partial charge in [0.15, 0.2) is 0 Å². The van der Waals surface area contributed by atoms with Gasteiger partial charge in [0.05, 0.1) is 0 Å². The van der Waals surface area contributed by atoms with E-state index >= 15 is 0 Å². The summed E-state index contributed by atoms with van der Waals surface area (Å²) < 4.78 is 0. The lowest BCUT2D eigenvalue weighted by Gasteiger charge is -2.16. The highest BCUT2D eigenvalue weighted by Crippen LogP contribution is 2.17. The molecule has 2 heterocycles. The molecule has 1 aromatic rings. The van der Waals surface area contributed by atoms with Crippen LogP contribution in [-0.2, 0) is 0 Å². The fourth-order valence-electron chi connectivity index (χ4n) is 1.68. The molecule has 74 valence electrons. The second-order valence-electron chi connectivity index (χ2n) is 3.44. The van der Waals surface area contributed by atoms with Gasteiger partial charge in [0, 0.05) is 13.1 Å². The van der Waals surface area contributed by atoms with Crippen molar-refractivity contribution < 1.29 is 4.79 Å². The first-order valence-corrected chi connectivity index (χ1v) is 4.79. The topological polar surface area (TPSA) is 59.2 Å². The average Bonchev–Trinajstić information content (AvgIpc) is 2.71. The third-order valence-electron chi connectivity index (χ3n) is 2.42. The van der Waals surface area contributed by atoms with E-state index in [9.17, 15) is 4.79 Å². The van der Waals surface area contributed by atoms with Crippen molar-refractivity contribution in [2.45, 2.75) is 12.8 Å². The second kappa shape index (κ2) is 3.65. The zero-order valence-electron chi connectivity index (χ0n) is 7.94. The summed E-state index contributed by atoms with van der Waals surface area (Å²) in [6.45, 7) is 2.05.